The molecular weight excluding hydrogens is 372 g/mol. The number of hydrogen-bond donors (Lipinski definition) is 1. The van der Waals surface area contributed by atoms with Crippen molar-refractivity contribution in [2.75, 3.05) is 53.4 Å². The number of amides is 3. The number of carbonyl (C=O) groups excluding carboxylic acids is 3. The molecule has 8 nitrogen and oxygen atoms in total. The topological polar surface area (TPSA) is 82.2 Å². The lowest BCUT2D eigenvalue weighted by atomic mass is 10.1. The predicted octanol–water partition coefficient (Wildman–Crippen LogP) is 0.826. The lowest BCUT2D eigenvalue weighted by Crippen LogP contribution is -2.54. The summed E-state index contributed by atoms with van der Waals surface area (Å²) in [6.45, 7) is 8.57. The highest BCUT2D eigenvalue weighted by Gasteiger charge is 2.25. The number of piperazine rings is 1. The molecule has 0 bridgehead atoms. The molecule has 0 spiro atoms. The molecule has 1 aliphatic rings. The molecule has 1 fully saturated rings. The lowest BCUT2D eigenvalue weighted by Gasteiger charge is -2.35. The van der Waals surface area contributed by atoms with Crippen molar-refractivity contribution in [2.24, 2.45) is 0 Å². The van der Waals surface area contributed by atoms with Crippen molar-refractivity contribution in [1.29, 1.82) is 0 Å². The average Bonchev–Trinajstić information content (AvgIpc) is 2.66. The van der Waals surface area contributed by atoms with E-state index in [2.05, 4.69) is 5.32 Å². The van der Waals surface area contributed by atoms with E-state index in [1.807, 2.05) is 25.7 Å². The summed E-state index contributed by atoms with van der Waals surface area (Å²) >= 11 is 0. The SMILES string of the molecule is COc1ccc(C(=O)N(C)CC(=O)N2CCN(CC(=O)NC(C)(C)C)CC2)cc1. The molecule has 1 N–H and O–H groups in total. The number of ether oxygens (including phenoxy) is 1. The maximum atomic E-state index is 12.6. The van der Waals surface area contributed by atoms with Crippen molar-refractivity contribution in [3.8, 4) is 5.75 Å². The van der Waals surface area contributed by atoms with Gasteiger partial charge >= 0.3 is 0 Å². The molecule has 1 aromatic carbocycles. The van der Waals surface area contributed by atoms with E-state index in [9.17, 15) is 14.4 Å². The number of carbonyl (C=O) groups is 3. The van der Waals surface area contributed by atoms with Crippen LogP contribution in [0.5, 0.6) is 5.75 Å². The molecule has 0 saturated carbocycles. The Balaban J connectivity index is 1.79. The first kappa shape index (κ1) is 22.7. The standard InChI is InChI=1S/C21H32N4O4/c1-21(2,3)22-18(26)14-24-10-12-25(13-11-24)19(27)15-23(4)20(28)16-6-8-17(29-5)9-7-16/h6-9H,10-15H2,1-5H3,(H,22,26). The summed E-state index contributed by atoms with van der Waals surface area (Å²) in [6, 6.07) is 6.81. The first-order valence-electron chi connectivity index (χ1n) is 9.80. The molecule has 1 saturated heterocycles. The van der Waals surface area contributed by atoms with Crippen molar-refractivity contribution in [3.05, 3.63) is 29.8 Å². The molecule has 0 aromatic heterocycles. The van der Waals surface area contributed by atoms with E-state index < -0.39 is 0 Å². The second kappa shape index (κ2) is 9.73. The van der Waals surface area contributed by atoms with Crippen LogP contribution in [-0.2, 0) is 9.59 Å². The van der Waals surface area contributed by atoms with Crippen LogP contribution >= 0.6 is 0 Å². The molecule has 3 amide bonds. The van der Waals surface area contributed by atoms with Crippen molar-refractivity contribution >= 4 is 17.7 Å². The highest BCUT2D eigenvalue weighted by Crippen LogP contribution is 2.13. The van der Waals surface area contributed by atoms with E-state index in [4.69, 9.17) is 4.74 Å². The van der Waals surface area contributed by atoms with Crippen LogP contribution in [0.4, 0.5) is 0 Å². The molecule has 1 aromatic rings. The van der Waals surface area contributed by atoms with Gasteiger partial charge in [0.15, 0.2) is 0 Å². The number of methoxy groups -OCH3 is 1. The Hall–Kier alpha value is -2.61. The van der Waals surface area contributed by atoms with E-state index >= 15 is 0 Å². The number of likely N-dealkylation sites (N-methyl/N-ethyl adjacent to an activating group) is 1. The first-order chi connectivity index (χ1) is 13.6. The molecule has 0 unspecified atom stereocenters. The summed E-state index contributed by atoms with van der Waals surface area (Å²) in [7, 11) is 3.19. The molecule has 1 aliphatic heterocycles. The van der Waals surface area contributed by atoms with Gasteiger partial charge in [0.2, 0.25) is 11.8 Å². The second-order valence-corrected chi connectivity index (χ2v) is 8.34. The summed E-state index contributed by atoms with van der Waals surface area (Å²) in [5.74, 6) is 0.364. The minimum Gasteiger partial charge on any atom is -0.497 e. The van der Waals surface area contributed by atoms with Crippen LogP contribution in [0.3, 0.4) is 0 Å². The van der Waals surface area contributed by atoms with Crippen molar-refractivity contribution in [2.45, 2.75) is 26.3 Å². The molecule has 0 radical (unpaired) electrons. The third kappa shape index (κ3) is 7.05. The van der Waals surface area contributed by atoms with Crippen LogP contribution in [-0.4, -0.2) is 91.4 Å². The van der Waals surface area contributed by atoms with E-state index in [0.717, 1.165) is 0 Å². The van der Waals surface area contributed by atoms with Gasteiger partial charge in [0.1, 0.15) is 5.75 Å². The maximum Gasteiger partial charge on any atom is 0.254 e. The second-order valence-electron chi connectivity index (χ2n) is 8.34. The maximum absolute atomic E-state index is 12.6. The molecule has 8 heteroatoms. The normalized spacial score (nSPS) is 15.0. The molecule has 160 valence electrons. The molecule has 1 heterocycles. The Morgan fingerprint density at radius 3 is 2.17 bits per heavy atom. The third-order valence-corrected chi connectivity index (χ3v) is 4.66. The zero-order valence-corrected chi connectivity index (χ0v) is 18.0. The Morgan fingerprint density at radius 2 is 1.66 bits per heavy atom. The fourth-order valence-electron chi connectivity index (χ4n) is 3.14. The predicted molar refractivity (Wildman–Crippen MR) is 111 cm³/mol. The van der Waals surface area contributed by atoms with Gasteiger partial charge < -0.3 is 19.9 Å². The fourth-order valence-corrected chi connectivity index (χ4v) is 3.14. The van der Waals surface area contributed by atoms with Gasteiger partial charge in [-0.15, -0.1) is 0 Å². The molecule has 2 rings (SSSR count). The molecule has 29 heavy (non-hydrogen) atoms. The summed E-state index contributed by atoms with van der Waals surface area (Å²) in [5.41, 5.74) is 0.256. The highest BCUT2D eigenvalue weighted by molar-refractivity contribution is 5.96. The monoisotopic (exact) mass is 404 g/mol. The summed E-state index contributed by atoms with van der Waals surface area (Å²) in [6.07, 6.45) is 0. The summed E-state index contributed by atoms with van der Waals surface area (Å²) in [4.78, 5) is 42.3. The third-order valence-electron chi connectivity index (χ3n) is 4.66. The largest absolute Gasteiger partial charge is 0.497 e. The van der Waals surface area contributed by atoms with Gasteiger partial charge in [-0.25, -0.2) is 0 Å². The summed E-state index contributed by atoms with van der Waals surface area (Å²) in [5, 5.41) is 2.95. The smallest absolute Gasteiger partial charge is 0.254 e. The van der Waals surface area contributed by atoms with Crippen molar-refractivity contribution in [1.82, 2.24) is 20.0 Å². The number of nitrogens with one attached hydrogen (secondary N) is 1. The fraction of sp³-hybridized carbons (Fsp3) is 0.571. The number of nitrogens with zero attached hydrogens (tertiary/aromatic N) is 3. The van der Waals surface area contributed by atoms with Gasteiger partial charge in [-0.3, -0.25) is 19.3 Å². The zero-order valence-electron chi connectivity index (χ0n) is 18.0. The van der Waals surface area contributed by atoms with Crippen molar-refractivity contribution < 1.29 is 19.1 Å². The number of benzene rings is 1. The van der Waals surface area contributed by atoms with Crippen LogP contribution < -0.4 is 10.1 Å². The van der Waals surface area contributed by atoms with E-state index in [1.165, 1.54) is 4.90 Å². The summed E-state index contributed by atoms with van der Waals surface area (Å²) < 4.78 is 5.09. The average molecular weight is 405 g/mol. The Morgan fingerprint density at radius 1 is 1.07 bits per heavy atom. The highest BCUT2D eigenvalue weighted by atomic mass is 16.5. The van der Waals surface area contributed by atoms with Crippen LogP contribution in [0.1, 0.15) is 31.1 Å². The first-order valence-corrected chi connectivity index (χ1v) is 9.80. The van der Waals surface area contributed by atoms with Crippen LogP contribution in [0.15, 0.2) is 24.3 Å². The minimum atomic E-state index is -0.254. The van der Waals surface area contributed by atoms with E-state index in [1.54, 1.807) is 43.3 Å². The van der Waals surface area contributed by atoms with Gasteiger partial charge in [-0.2, -0.15) is 0 Å². The molecule has 0 aliphatic carbocycles. The van der Waals surface area contributed by atoms with Crippen molar-refractivity contribution in [3.63, 3.8) is 0 Å². The Labute approximate surface area is 172 Å². The van der Waals surface area contributed by atoms with Crippen LogP contribution in [0.2, 0.25) is 0 Å². The number of hydrogen-bond acceptors (Lipinski definition) is 5. The Kier molecular flexibility index (Phi) is 7.61. The van der Waals surface area contributed by atoms with E-state index in [-0.39, 0.29) is 29.8 Å². The molecular formula is C21H32N4O4. The van der Waals surface area contributed by atoms with Gasteiger partial charge in [-0.1, -0.05) is 0 Å². The molecule has 0 atom stereocenters. The zero-order chi connectivity index (χ0) is 21.6. The van der Waals surface area contributed by atoms with Gasteiger partial charge in [0.05, 0.1) is 20.2 Å². The quantitative estimate of drug-likeness (QED) is 0.759. The minimum absolute atomic E-state index is 0.0119. The van der Waals surface area contributed by atoms with Gasteiger partial charge in [0.25, 0.3) is 5.91 Å². The van der Waals surface area contributed by atoms with Gasteiger partial charge in [-0.05, 0) is 45.0 Å². The van der Waals surface area contributed by atoms with Crippen LogP contribution in [0.25, 0.3) is 0 Å². The lowest BCUT2D eigenvalue weighted by molar-refractivity contribution is -0.133. The van der Waals surface area contributed by atoms with Gasteiger partial charge in [0, 0.05) is 44.3 Å². The number of rotatable bonds is 6. The van der Waals surface area contributed by atoms with E-state index in [0.29, 0.717) is 44.0 Å². The Bertz CT molecular complexity index is 719. The van der Waals surface area contributed by atoms with Crippen LogP contribution in [0, 0.1) is 0 Å².